The molecule has 0 amide bonds. The van der Waals surface area contributed by atoms with Crippen LogP contribution in [0.5, 0.6) is 0 Å². The van der Waals surface area contributed by atoms with Crippen molar-refractivity contribution in [3.63, 3.8) is 0 Å². The van der Waals surface area contributed by atoms with Gasteiger partial charge in [-0.3, -0.25) is 4.90 Å². The lowest BCUT2D eigenvalue weighted by Crippen LogP contribution is -2.43. The minimum atomic E-state index is 0.389. The maximum absolute atomic E-state index is 5.85. The average Bonchev–Trinajstić information content (AvgIpc) is 2.05. The Hall–Kier alpha value is -0.120. The van der Waals surface area contributed by atoms with E-state index in [1.54, 1.807) is 0 Å². The van der Waals surface area contributed by atoms with Gasteiger partial charge in [0.1, 0.15) is 0 Å². The van der Waals surface area contributed by atoms with Gasteiger partial charge in [0.2, 0.25) is 0 Å². The van der Waals surface area contributed by atoms with Crippen molar-refractivity contribution in [3.8, 4) is 0 Å². The van der Waals surface area contributed by atoms with E-state index in [4.69, 9.17) is 10.5 Å². The molecule has 0 aromatic carbocycles. The van der Waals surface area contributed by atoms with Crippen LogP contribution in [0, 0.1) is 0 Å². The first kappa shape index (κ1) is 9.96. The fourth-order valence-electron chi connectivity index (χ4n) is 1.63. The number of nitrogens with two attached hydrogens (primary N) is 1. The van der Waals surface area contributed by atoms with Gasteiger partial charge in [0.25, 0.3) is 0 Å². The van der Waals surface area contributed by atoms with Gasteiger partial charge in [-0.15, -0.1) is 0 Å². The molecule has 0 saturated carbocycles. The molecule has 0 radical (unpaired) electrons. The molecule has 0 bridgehead atoms. The Morgan fingerprint density at radius 2 is 2.42 bits per heavy atom. The van der Waals surface area contributed by atoms with Gasteiger partial charge in [-0.05, 0) is 26.3 Å². The molecule has 2 N–H and O–H groups in total. The number of ether oxygens (including phenoxy) is 1. The van der Waals surface area contributed by atoms with Crippen LogP contribution in [0.25, 0.3) is 0 Å². The topological polar surface area (TPSA) is 38.5 Å². The van der Waals surface area contributed by atoms with Gasteiger partial charge in [-0.25, -0.2) is 0 Å². The maximum atomic E-state index is 5.85. The van der Waals surface area contributed by atoms with Crippen LogP contribution in [0.4, 0.5) is 0 Å². The van der Waals surface area contributed by atoms with Crippen LogP contribution >= 0.6 is 0 Å². The van der Waals surface area contributed by atoms with Crippen LogP contribution < -0.4 is 5.73 Å². The van der Waals surface area contributed by atoms with Gasteiger partial charge < -0.3 is 10.5 Å². The van der Waals surface area contributed by atoms with E-state index < -0.39 is 0 Å². The van der Waals surface area contributed by atoms with E-state index in [9.17, 15) is 0 Å². The van der Waals surface area contributed by atoms with E-state index in [1.807, 2.05) is 6.92 Å². The summed E-state index contributed by atoms with van der Waals surface area (Å²) < 4.78 is 5.29. The van der Waals surface area contributed by atoms with Crippen molar-refractivity contribution >= 4 is 0 Å². The van der Waals surface area contributed by atoms with Crippen molar-refractivity contribution in [3.05, 3.63) is 0 Å². The van der Waals surface area contributed by atoms with Gasteiger partial charge in [0.05, 0.1) is 6.61 Å². The first-order valence-corrected chi connectivity index (χ1v) is 4.88. The number of rotatable bonds is 4. The molecule has 1 aliphatic heterocycles. The lowest BCUT2D eigenvalue weighted by molar-refractivity contribution is 0.101. The molecule has 0 spiro atoms. The first-order valence-electron chi connectivity index (χ1n) is 4.88. The molecule has 1 saturated heterocycles. The smallest absolute Gasteiger partial charge is 0.0593 e. The van der Waals surface area contributed by atoms with Gasteiger partial charge >= 0.3 is 0 Å². The summed E-state index contributed by atoms with van der Waals surface area (Å²) >= 11 is 0. The molecule has 3 nitrogen and oxygen atoms in total. The second kappa shape index (κ2) is 5.51. The van der Waals surface area contributed by atoms with Crippen LogP contribution in [-0.2, 0) is 4.74 Å². The predicted octanol–water partition coefficient (Wildman–Crippen LogP) is 0.446. The molecule has 1 unspecified atom stereocenters. The van der Waals surface area contributed by atoms with Crippen molar-refractivity contribution in [2.45, 2.75) is 25.8 Å². The summed E-state index contributed by atoms with van der Waals surface area (Å²) in [6.45, 7) is 6.99. The largest absolute Gasteiger partial charge is 0.380 e. The highest BCUT2D eigenvalue weighted by molar-refractivity contribution is 4.74. The standard InChI is InChI=1S/C9H20N2O/c1-2-12-7-6-11-5-3-4-9(10)8-11/h9H,2-8,10H2,1H3. The Kier molecular flexibility index (Phi) is 4.58. The quantitative estimate of drug-likeness (QED) is 0.626. The summed E-state index contributed by atoms with van der Waals surface area (Å²) in [5.74, 6) is 0. The molecule has 1 heterocycles. The van der Waals surface area contributed by atoms with Gasteiger partial charge in [-0.1, -0.05) is 0 Å². The Balaban J connectivity index is 2.06. The third-order valence-corrected chi connectivity index (χ3v) is 2.30. The van der Waals surface area contributed by atoms with Crippen LogP contribution in [0.15, 0.2) is 0 Å². The molecule has 12 heavy (non-hydrogen) atoms. The number of hydrogen-bond acceptors (Lipinski definition) is 3. The molecule has 1 fully saturated rings. The molecule has 72 valence electrons. The zero-order chi connectivity index (χ0) is 8.81. The van der Waals surface area contributed by atoms with Crippen LogP contribution in [0.2, 0.25) is 0 Å². The third-order valence-electron chi connectivity index (χ3n) is 2.30. The van der Waals surface area contributed by atoms with Crippen LogP contribution in [0.1, 0.15) is 19.8 Å². The molecular formula is C9H20N2O. The van der Waals surface area contributed by atoms with Crippen molar-refractivity contribution in [1.82, 2.24) is 4.90 Å². The highest BCUT2D eigenvalue weighted by Crippen LogP contribution is 2.07. The number of nitrogens with zero attached hydrogens (tertiary/aromatic N) is 1. The molecule has 0 aromatic heterocycles. The SMILES string of the molecule is CCOCCN1CCCC(N)C1. The molecule has 0 aromatic rings. The molecule has 1 aliphatic rings. The predicted molar refractivity (Wildman–Crippen MR) is 50.1 cm³/mol. The molecule has 3 heteroatoms. The fourth-order valence-corrected chi connectivity index (χ4v) is 1.63. The van der Waals surface area contributed by atoms with Gasteiger partial charge in [0, 0.05) is 25.7 Å². The number of piperidine rings is 1. The minimum absolute atomic E-state index is 0.389. The maximum Gasteiger partial charge on any atom is 0.0593 e. The lowest BCUT2D eigenvalue weighted by atomic mass is 10.1. The molecular weight excluding hydrogens is 152 g/mol. The Bertz CT molecular complexity index is 119. The van der Waals surface area contributed by atoms with Gasteiger partial charge in [0.15, 0.2) is 0 Å². The Morgan fingerprint density at radius 1 is 1.58 bits per heavy atom. The summed E-state index contributed by atoms with van der Waals surface area (Å²) in [5.41, 5.74) is 5.85. The Labute approximate surface area is 74.9 Å². The fraction of sp³-hybridized carbons (Fsp3) is 1.00. The van der Waals surface area contributed by atoms with Crippen molar-refractivity contribution in [2.24, 2.45) is 5.73 Å². The normalized spacial score (nSPS) is 26.0. The van der Waals surface area contributed by atoms with E-state index in [2.05, 4.69) is 4.90 Å². The zero-order valence-electron chi connectivity index (χ0n) is 7.96. The highest BCUT2D eigenvalue weighted by Gasteiger charge is 2.15. The second-order valence-corrected chi connectivity index (χ2v) is 3.40. The highest BCUT2D eigenvalue weighted by atomic mass is 16.5. The Morgan fingerprint density at radius 3 is 3.08 bits per heavy atom. The zero-order valence-corrected chi connectivity index (χ0v) is 7.96. The van der Waals surface area contributed by atoms with E-state index in [-0.39, 0.29) is 0 Å². The molecule has 1 atom stereocenters. The second-order valence-electron chi connectivity index (χ2n) is 3.40. The van der Waals surface area contributed by atoms with E-state index in [1.165, 1.54) is 19.4 Å². The molecule has 0 aliphatic carbocycles. The summed E-state index contributed by atoms with van der Waals surface area (Å²) in [6, 6.07) is 0.389. The van der Waals surface area contributed by atoms with E-state index >= 15 is 0 Å². The average molecular weight is 172 g/mol. The summed E-state index contributed by atoms with van der Waals surface area (Å²) in [6.07, 6.45) is 2.43. The van der Waals surface area contributed by atoms with Crippen molar-refractivity contribution < 1.29 is 4.74 Å². The van der Waals surface area contributed by atoms with E-state index in [0.29, 0.717) is 6.04 Å². The van der Waals surface area contributed by atoms with E-state index in [0.717, 1.165) is 26.3 Å². The number of likely N-dealkylation sites (tertiary alicyclic amines) is 1. The van der Waals surface area contributed by atoms with Crippen molar-refractivity contribution in [1.29, 1.82) is 0 Å². The minimum Gasteiger partial charge on any atom is -0.380 e. The summed E-state index contributed by atoms with van der Waals surface area (Å²) in [5, 5.41) is 0. The molecule has 1 rings (SSSR count). The van der Waals surface area contributed by atoms with Crippen LogP contribution in [-0.4, -0.2) is 43.8 Å². The van der Waals surface area contributed by atoms with Gasteiger partial charge in [-0.2, -0.15) is 0 Å². The summed E-state index contributed by atoms with van der Waals surface area (Å²) in [7, 11) is 0. The first-order chi connectivity index (χ1) is 5.83. The third kappa shape index (κ3) is 3.52. The number of hydrogen-bond donors (Lipinski definition) is 1. The summed E-state index contributed by atoms with van der Waals surface area (Å²) in [4.78, 5) is 2.39. The monoisotopic (exact) mass is 172 g/mol. The van der Waals surface area contributed by atoms with Crippen LogP contribution in [0.3, 0.4) is 0 Å². The lowest BCUT2D eigenvalue weighted by Gasteiger charge is -2.30. The van der Waals surface area contributed by atoms with Crippen molar-refractivity contribution in [2.75, 3.05) is 32.8 Å².